The van der Waals surface area contributed by atoms with Crippen molar-refractivity contribution in [3.05, 3.63) is 35.7 Å². The number of nitrogens with one attached hydrogen (secondary N) is 2. The largest absolute Gasteiger partial charge is 0.497 e. The van der Waals surface area contributed by atoms with Gasteiger partial charge in [-0.2, -0.15) is 5.21 Å². The molecule has 0 saturated heterocycles. The Hall–Kier alpha value is -2.44. The molecule has 1 amide bonds. The monoisotopic (exact) mass is 261 g/mol. The van der Waals surface area contributed by atoms with Gasteiger partial charge in [-0.3, -0.25) is 4.79 Å². The normalized spacial score (nSPS) is 10.2. The van der Waals surface area contributed by atoms with Crippen LogP contribution >= 0.6 is 0 Å². The van der Waals surface area contributed by atoms with Crippen molar-refractivity contribution in [2.45, 2.75) is 19.4 Å². The molecule has 0 radical (unpaired) electrons. The number of hydrogen-bond acceptors (Lipinski definition) is 5. The van der Waals surface area contributed by atoms with Gasteiger partial charge in [0, 0.05) is 6.42 Å². The molecule has 0 fully saturated rings. The first-order valence-electron chi connectivity index (χ1n) is 5.90. The molecule has 0 unspecified atom stereocenters. The zero-order valence-corrected chi connectivity index (χ0v) is 10.6. The number of amides is 1. The Kier molecular flexibility index (Phi) is 4.44. The van der Waals surface area contributed by atoms with E-state index >= 15 is 0 Å². The minimum atomic E-state index is -0.0485. The molecular weight excluding hydrogens is 246 g/mol. The summed E-state index contributed by atoms with van der Waals surface area (Å²) in [4.78, 5) is 11.6. The highest BCUT2D eigenvalue weighted by molar-refractivity contribution is 5.76. The van der Waals surface area contributed by atoms with E-state index in [1.165, 1.54) is 0 Å². The third kappa shape index (κ3) is 4.06. The second-order valence-corrected chi connectivity index (χ2v) is 3.96. The molecule has 0 saturated carbocycles. The van der Waals surface area contributed by atoms with Crippen molar-refractivity contribution in [2.75, 3.05) is 7.11 Å². The fraction of sp³-hybridized carbons (Fsp3) is 0.333. The van der Waals surface area contributed by atoms with E-state index in [1.807, 2.05) is 24.3 Å². The van der Waals surface area contributed by atoms with E-state index in [1.54, 1.807) is 7.11 Å². The molecule has 7 heteroatoms. The topological polar surface area (TPSA) is 92.8 Å². The van der Waals surface area contributed by atoms with Crippen LogP contribution in [0.5, 0.6) is 5.75 Å². The van der Waals surface area contributed by atoms with Crippen LogP contribution in [0.1, 0.15) is 17.8 Å². The smallest absolute Gasteiger partial charge is 0.220 e. The fourth-order valence-electron chi connectivity index (χ4n) is 1.61. The number of ether oxygens (including phenoxy) is 1. The average Bonchev–Trinajstić information content (AvgIpc) is 2.96. The number of carbonyl (C=O) groups excluding carboxylic acids is 1. The first kappa shape index (κ1) is 13.0. The number of rotatable bonds is 6. The molecule has 1 aromatic heterocycles. The molecule has 100 valence electrons. The van der Waals surface area contributed by atoms with E-state index in [2.05, 4.69) is 25.9 Å². The lowest BCUT2D eigenvalue weighted by atomic mass is 10.1. The van der Waals surface area contributed by atoms with Gasteiger partial charge in [-0.1, -0.05) is 17.3 Å². The number of aromatic amines is 1. The van der Waals surface area contributed by atoms with Gasteiger partial charge >= 0.3 is 0 Å². The maximum atomic E-state index is 11.6. The van der Waals surface area contributed by atoms with Crippen LogP contribution in [0.4, 0.5) is 0 Å². The summed E-state index contributed by atoms with van der Waals surface area (Å²) in [5, 5.41) is 16.0. The summed E-state index contributed by atoms with van der Waals surface area (Å²) in [6, 6.07) is 7.67. The Morgan fingerprint density at radius 2 is 2.37 bits per heavy atom. The highest BCUT2D eigenvalue weighted by Crippen LogP contribution is 2.13. The summed E-state index contributed by atoms with van der Waals surface area (Å²) >= 11 is 0. The number of carbonyl (C=O) groups is 1. The standard InChI is InChI=1S/C12H15N5O2/c1-19-10-4-2-3-9(7-10)5-6-12(18)13-8-11-14-16-17-15-11/h2-4,7H,5-6,8H2,1H3,(H,13,18)(H,14,15,16,17). The fourth-order valence-corrected chi connectivity index (χ4v) is 1.61. The van der Waals surface area contributed by atoms with Crippen LogP contribution in [-0.4, -0.2) is 33.6 Å². The molecule has 2 aromatic rings. The van der Waals surface area contributed by atoms with Gasteiger partial charge in [-0.15, -0.1) is 10.2 Å². The summed E-state index contributed by atoms with van der Waals surface area (Å²) in [6.45, 7) is 0.285. The van der Waals surface area contributed by atoms with Crippen LogP contribution in [-0.2, 0) is 17.8 Å². The average molecular weight is 261 g/mol. The van der Waals surface area contributed by atoms with Crippen molar-refractivity contribution in [2.24, 2.45) is 0 Å². The first-order valence-corrected chi connectivity index (χ1v) is 5.90. The van der Waals surface area contributed by atoms with Crippen LogP contribution in [0.3, 0.4) is 0 Å². The Morgan fingerprint density at radius 3 is 3.11 bits per heavy atom. The highest BCUT2D eigenvalue weighted by Gasteiger charge is 2.05. The lowest BCUT2D eigenvalue weighted by molar-refractivity contribution is -0.121. The number of benzene rings is 1. The molecule has 2 rings (SSSR count). The van der Waals surface area contributed by atoms with E-state index in [-0.39, 0.29) is 12.5 Å². The van der Waals surface area contributed by atoms with Crippen molar-refractivity contribution >= 4 is 5.91 Å². The van der Waals surface area contributed by atoms with Crippen molar-refractivity contribution in [3.63, 3.8) is 0 Å². The van der Waals surface area contributed by atoms with Gasteiger partial charge in [-0.25, -0.2) is 0 Å². The van der Waals surface area contributed by atoms with Gasteiger partial charge in [0.1, 0.15) is 5.75 Å². The molecular formula is C12H15N5O2. The number of tetrazole rings is 1. The van der Waals surface area contributed by atoms with Crippen LogP contribution < -0.4 is 10.1 Å². The molecule has 0 aliphatic rings. The third-order valence-corrected chi connectivity index (χ3v) is 2.61. The molecule has 1 aromatic carbocycles. The van der Waals surface area contributed by atoms with Crippen LogP contribution in [0, 0.1) is 0 Å². The number of aryl methyl sites for hydroxylation is 1. The van der Waals surface area contributed by atoms with E-state index in [0.717, 1.165) is 11.3 Å². The van der Waals surface area contributed by atoms with Gasteiger partial charge in [-0.05, 0) is 24.1 Å². The molecule has 7 nitrogen and oxygen atoms in total. The van der Waals surface area contributed by atoms with Crippen molar-refractivity contribution < 1.29 is 9.53 Å². The lowest BCUT2D eigenvalue weighted by Crippen LogP contribution is -2.23. The predicted molar refractivity (Wildman–Crippen MR) is 67.3 cm³/mol. The van der Waals surface area contributed by atoms with Crippen LogP contribution in [0.25, 0.3) is 0 Å². The quantitative estimate of drug-likeness (QED) is 0.788. The van der Waals surface area contributed by atoms with E-state index in [4.69, 9.17) is 4.74 Å². The van der Waals surface area contributed by atoms with Gasteiger partial charge < -0.3 is 10.1 Å². The molecule has 19 heavy (non-hydrogen) atoms. The third-order valence-electron chi connectivity index (χ3n) is 2.61. The lowest BCUT2D eigenvalue weighted by Gasteiger charge is -2.05. The minimum Gasteiger partial charge on any atom is -0.497 e. The molecule has 2 N–H and O–H groups in total. The summed E-state index contributed by atoms with van der Waals surface area (Å²) in [5.41, 5.74) is 1.06. The molecule has 0 aliphatic heterocycles. The zero-order valence-electron chi connectivity index (χ0n) is 10.6. The summed E-state index contributed by atoms with van der Waals surface area (Å²) < 4.78 is 5.13. The Labute approximate surface area is 110 Å². The van der Waals surface area contributed by atoms with Gasteiger partial charge in [0.2, 0.25) is 5.91 Å². The molecule has 0 aliphatic carbocycles. The Bertz CT molecular complexity index is 527. The molecule has 1 heterocycles. The molecule has 0 atom stereocenters. The van der Waals surface area contributed by atoms with Crippen molar-refractivity contribution in [1.29, 1.82) is 0 Å². The van der Waals surface area contributed by atoms with Crippen LogP contribution in [0.15, 0.2) is 24.3 Å². The van der Waals surface area contributed by atoms with Crippen molar-refractivity contribution in [3.8, 4) is 5.75 Å². The highest BCUT2D eigenvalue weighted by atomic mass is 16.5. The van der Waals surface area contributed by atoms with E-state index in [0.29, 0.717) is 18.7 Å². The molecule has 0 bridgehead atoms. The SMILES string of the molecule is COc1cccc(CCC(=O)NCc2nn[nH]n2)c1. The van der Waals surface area contributed by atoms with E-state index in [9.17, 15) is 4.79 Å². The van der Waals surface area contributed by atoms with E-state index < -0.39 is 0 Å². The summed E-state index contributed by atoms with van der Waals surface area (Å²) in [7, 11) is 1.62. The number of nitrogens with zero attached hydrogens (tertiary/aromatic N) is 3. The Balaban J connectivity index is 1.76. The minimum absolute atomic E-state index is 0.0485. The Morgan fingerprint density at radius 1 is 1.47 bits per heavy atom. The second-order valence-electron chi connectivity index (χ2n) is 3.96. The number of aromatic nitrogens is 4. The second kappa shape index (κ2) is 6.48. The summed E-state index contributed by atoms with van der Waals surface area (Å²) in [6.07, 6.45) is 1.07. The first-order chi connectivity index (χ1) is 9.28. The van der Waals surface area contributed by atoms with Gasteiger partial charge in [0.15, 0.2) is 5.82 Å². The van der Waals surface area contributed by atoms with Crippen molar-refractivity contribution in [1.82, 2.24) is 25.9 Å². The number of H-pyrrole nitrogens is 1. The number of hydrogen-bond donors (Lipinski definition) is 2. The predicted octanol–water partition coefficient (Wildman–Crippen LogP) is 0.457. The maximum absolute atomic E-state index is 11.6. The van der Waals surface area contributed by atoms with Gasteiger partial charge in [0.05, 0.1) is 13.7 Å². The maximum Gasteiger partial charge on any atom is 0.220 e. The van der Waals surface area contributed by atoms with Crippen LogP contribution in [0.2, 0.25) is 0 Å². The van der Waals surface area contributed by atoms with Gasteiger partial charge in [0.25, 0.3) is 0 Å². The molecule has 0 spiro atoms. The summed E-state index contributed by atoms with van der Waals surface area (Å²) in [5.74, 6) is 1.21. The zero-order chi connectivity index (χ0) is 13.5. The number of methoxy groups -OCH3 is 1.